The molecule has 0 spiro atoms. The number of fused-ring (bicyclic) bond motifs is 4. The number of rotatable bonds is 2. The molecular formula is C35H31B. The van der Waals surface area contributed by atoms with Crippen molar-refractivity contribution in [3.63, 3.8) is 0 Å². The number of hydrogen-bond acceptors (Lipinski definition) is 0. The molecule has 0 unspecified atom stereocenters. The third-order valence-electron chi connectivity index (χ3n) is 7.79. The fraction of sp³-hybridized carbons (Fsp3) is 0.143. The topological polar surface area (TPSA) is 0 Å². The average Bonchev–Trinajstić information content (AvgIpc) is 3.26. The molecule has 174 valence electrons. The van der Waals surface area contributed by atoms with Crippen LogP contribution >= 0.6 is 0 Å². The molecule has 0 aliphatic carbocycles. The molecule has 0 nitrogen and oxygen atoms in total. The molecule has 7 rings (SSSR count). The molecule has 0 saturated carbocycles. The Labute approximate surface area is 214 Å². The van der Waals surface area contributed by atoms with E-state index >= 15 is 0 Å². The summed E-state index contributed by atoms with van der Waals surface area (Å²) in [5, 5.41) is 8.34. The van der Waals surface area contributed by atoms with Crippen LogP contribution in [0.5, 0.6) is 0 Å². The van der Waals surface area contributed by atoms with E-state index in [9.17, 15) is 0 Å². The van der Waals surface area contributed by atoms with E-state index < -0.39 is 0 Å². The van der Waals surface area contributed by atoms with E-state index in [1.807, 2.05) is 26.0 Å². The highest BCUT2D eigenvalue weighted by atomic mass is 14.2. The second-order valence-corrected chi connectivity index (χ2v) is 10.2. The molecule has 1 heterocycles. The summed E-state index contributed by atoms with van der Waals surface area (Å²) in [4.78, 5) is 0. The molecule has 6 aromatic carbocycles. The molecule has 0 fully saturated rings. The van der Waals surface area contributed by atoms with Gasteiger partial charge in [0.2, 0.25) is 6.71 Å². The average molecular weight is 462 g/mol. The van der Waals surface area contributed by atoms with E-state index in [1.165, 1.54) is 65.4 Å². The maximum Gasteiger partial charge on any atom is 0.242 e. The first-order chi connectivity index (χ1) is 17.6. The predicted octanol–water partition coefficient (Wildman–Crippen LogP) is 7.79. The largest absolute Gasteiger partial charge is 0.242 e. The number of benzene rings is 6. The van der Waals surface area contributed by atoms with Gasteiger partial charge in [-0.3, -0.25) is 0 Å². The van der Waals surface area contributed by atoms with Gasteiger partial charge in [-0.1, -0.05) is 139 Å². The third-order valence-corrected chi connectivity index (χ3v) is 7.79. The van der Waals surface area contributed by atoms with Gasteiger partial charge in [-0.25, -0.2) is 0 Å². The molecule has 1 aliphatic rings. The van der Waals surface area contributed by atoms with Gasteiger partial charge in [0.15, 0.2) is 0 Å². The first-order valence-electron chi connectivity index (χ1n) is 13.1. The Morgan fingerprint density at radius 2 is 1.25 bits per heavy atom. The molecule has 0 saturated heterocycles. The van der Waals surface area contributed by atoms with Crippen LogP contribution in [0.25, 0.3) is 43.4 Å². The van der Waals surface area contributed by atoms with Gasteiger partial charge in [0, 0.05) is 0 Å². The lowest BCUT2D eigenvalue weighted by Crippen LogP contribution is -2.48. The minimum absolute atomic E-state index is 0.288. The van der Waals surface area contributed by atoms with Gasteiger partial charge in [-0.15, -0.1) is 0 Å². The Hall–Kier alpha value is -3.84. The van der Waals surface area contributed by atoms with Crippen LogP contribution in [0.2, 0.25) is 0 Å². The monoisotopic (exact) mass is 462 g/mol. The van der Waals surface area contributed by atoms with Crippen molar-refractivity contribution >= 4 is 55.4 Å². The molecule has 36 heavy (non-hydrogen) atoms. The van der Waals surface area contributed by atoms with Gasteiger partial charge >= 0.3 is 0 Å². The van der Waals surface area contributed by atoms with Crippen molar-refractivity contribution in [3.8, 4) is 11.1 Å². The second-order valence-electron chi connectivity index (χ2n) is 10.2. The highest BCUT2D eigenvalue weighted by Crippen LogP contribution is 2.41. The Balaban J connectivity index is 0.000000562. The lowest BCUT2D eigenvalue weighted by Gasteiger charge is -2.18. The van der Waals surface area contributed by atoms with Crippen molar-refractivity contribution in [2.75, 3.05) is 0 Å². The van der Waals surface area contributed by atoms with Crippen molar-refractivity contribution in [1.82, 2.24) is 0 Å². The Morgan fingerprint density at radius 3 is 2.00 bits per heavy atom. The van der Waals surface area contributed by atoms with E-state index in [2.05, 4.69) is 111 Å². The number of hydrogen-bond donors (Lipinski definition) is 0. The molecule has 0 aromatic heterocycles. The van der Waals surface area contributed by atoms with Crippen LogP contribution in [-0.2, 0) is 0 Å². The fourth-order valence-corrected chi connectivity index (χ4v) is 6.10. The van der Waals surface area contributed by atoms with Gasteiger partial charge in [0.25, 0.3) is 0 Å². The highest BCUT2D eigenvalue weighted by Gasteiger charge is 2.34. The summed E-state index contributed by atoms with van der Waals surface area (Å²) in [5.74, 6) is 0.508. The molecule has 1 heteroatoms. The normalized spacial score (nSPS) is 12.5. The SMILES string of the molecule is C/C=C\C.CC(C)c1ccc2ccc3c4c(cc5ccc1c2c53)B(c1ccccc1)c1ccccc1-4. The molecule has 0 atom stereocenters. The zero-order valence-corrected chi connectivity index (χ0v) is 21.5. The van der Waals surface area contributed by atoms with Crippen LogP contribution < -0.4 is 16.4 Å². The maximum atomic E-state index is 2.47. The molecule has 0 radical (unpaired) electrons. The van der Waals surface area contributed by atoms with Crippen molar-refractivity contribution in [2.45, 2.75) is 33.6 Å². The first-order valence-corrected chi connectivity index (χ1v) is 13.1. The van der Waals surface area contributed by atoms with Crippen molar-refractivity contribution < 1.29 is 0 Å². The smallest absolute Gasteiger partial charge is 0.0919 e. The summed E-state index contributed by atoms with van der Waals surface area (Å²) >= 11 is 0. The Bertz CT molecular complexity index is 1720. The lowest BCUT2D eigenvalue weighted by molar-refractivity contribution is 0.877. The summed E-state index contributed by atoms with van der Waals surface area (Å²) < 4.78 is 0. The van der Waals surface area contributed by atoms with Crippen molar-refractivity contribution in [1.29, 1.82) is 0 Å². The van der Waals surface area contributed by atoms with E-state index in [4.69, 9.17) is 0 Å². The summed E-state index contributed by atoms with van der Waals surface area (Å²) in [7, 11) is 0. The summed E-state index contributed by atoms with van der Waals surface area (Å²) in [6.07, 6.45) is 4.00. The summed E-state index contributed by atoms with van der Waals surface area (Å²) in [6.45, 7) is 8.88. The zero-order valence-electron chi connectivity index (χ0n) is 21.5. The van der Waals surface area contributed by atoms with Crippen molar-refractivity contribution in [2.24, 2.45) is 0 Å². The first kappa shape index (κ1) is 22.6. The molecule has 6 aromatic rings. The van der Waals surface area contributed by atoms with Gasteiger partial charge in [0.05, 0.1) is 0 Å². The predicted molar refractivity (Wildman–Crippen MR) is 161 cm³/mol. The van der Waals surface area contributed by atoms with Crippen LogP contribution in [0.3, 0.4) is 0 Å². The third kappa shape index (κ3) is 3.38. The standard InChI is InChI=1S/C31H23B.C4H8/c1-19(2)23-15-12-20-13-17-26-30-21(14-16-24(23)29(20)30)18-28-31(26)25-10-6-7-11-27(25)32(28)22-8-4-3-5-9-22;1-3-4-2/h3-19H,1-2H3;3-4H,1-2H3/b;4-3-. The molecule has 0 N–H and O–H groups in total. The Kier molecular flexibility index (Phi) is 5.65. The van der Waals surface area contributed by atoms with Crippen LogP contribution in [0.1, 0.15) is 39.2 Å². The van der Waals surface area contributed by atoms with E-state index in [0.717, 1.165) is 0 Å². The minimum Gasteiger partial charge on any atom is -0.0919 e. The quantitative estimate of drug-likeness (QED) is 0.140. The summed E-state index contributed by atoms with van der Waals surface area (Å²) in [5.41, 5.74) is 8.48. The highest BCUT2D eigenvalue weighted by molar-refractivity contribution is 6.99. The fourth-order valence-electron chi connectivity index (χ4n) is 6.10. The van der Waals surface area contributed by atoms with Crippen LogP contribution in [0, 0.1) is 0 Å². The molecule has 0 bridgehead atoms. The number of allylic oxidation sites excluding steroid dienone is 2. The van der Waals surface area contributed by atoms with Crippen LogP contribution in [0.4, 0.5) is 0 Å². The lowest BCUT2D eigenvalue weighted by atomic mass is 9.39. The van der Waals surface area contributed by atoms with Gasteiger partial charge < -0.3 is 0 Å². The van der Waals surface area contributed by atoms with Gasteiger partial charge in [0.1, 0.15) is 0 Å². The maximum absolute atomic E-state index is 2.47. The van der Waals surface area contributed by atoms with Gasteiger partial charge in [-0.05, 0) is 68.8 Å². The van der Waals surface area contributed by atoms with E-state index in [1.54, 1.807) is 0 Å². The molecule has 1 aliphatic heterocycles. The Morgan fingerprint density at radius 1 is 0.611 bits per heavy atom. The van der Waals surface area contributed by atoms with Gasteiger partial charge in [-0.2, -0.15) is 0 Å². The zero-order chi connectivity index (χ0) is 24.8. The second kappa shape index (κ2) is 8.99. The van der Waals surface area contributed by atoms with Crippen LogP contribution in [-0.4, -0.2) is 6.71 Å². The van der Waals surface area contributed by atoms with E-state index in [0.29, 0.717) is 5.92 Å². The summed E-state index contributed by atoms with van der Waals surface area (Å²) in [6, 6.07) is 36.5. The molecule has 0 amide bonds. The van der Waals surface area contributed by atoms with Crippen LogP contribution in [0.15, 0.2) is 109 Å². The van der Waals surface area contributed by atoms with Crippen molar-refractivity contribution in [3.05, 3.63) is 115 Å². The minimum atomic E-state index is 0.288. The van der Waals surface area contributed by atoms with E-state index in [-0.39, 0.29) is 6.71 Å². The molecular weight excluding hydrogens is 431 g/mol.